The molecule has 1 aromatic carbocycles. The summed E-state index contributed by atoms with van der Waals surface area (Å²) in [6, 6.07) is 8.09. The van der Waals surface area contributed by atoms with Crippen molar-refractivity contribution in [3.05, 3.63) is 35.9 Å². The lowest BCUT2D eigenvalue weighted by molar-refractivity contribution is -0.147. The van der Waals surface area contributed by atoms with Crippen LogP contribution >= 0.6 is 0 Å². The van der Waals surface area contributed by atoms with E-state index in [0.29, 0.717) is 6.42 Å². The van der Waals surface area contributed by atoms with Crippen LogP contribution in [0.25, 0.3) is 0 Å². The Labute approximate surface area is 154 Å². The number of benzene rings is 1. The van der Waals surface area contributed by atoms with Crippen LogP contribution < -0.4 is 5.32 Å². The van der Waals surface area contributed by atoms with Gasteiger partial charge in [-0.2, -0.15) is 8.42 Å². The molecule has 8 heteroatoms. The van der Waals surface area contributed by atoms with Crippen molar-refractivity contribution < 1.29 is 27.3 Å². The van der Waals surface area contributed by atoms with Crippen LogP contribution in [-0.4, -0.2) is 43.2 Å². The molecule has 2 atom stereocenters. The molecule has 1 rings (SSSR count). The summed E-state index contributed by atoms with van der Waals surface area (Å²) in [5.74, 6) is -2.16. The minimum atomic E-state index is -4.25. The quantitative estimate of drug-likeness (QED) is 0.447. The number of ether oxygens (including phenoxy) is 1. The molecule has 0 fully saturated rings. The summed E-state index contributed by atoms with van der Waals surface area (Å²) < 4.78 is 35.8. The van der Waals surface area contributed by atoms with Crippen LogP contribution in [0.1, 0.15) is 51.0 Å². The average Bonchev–Trinajstić information content (AvgIpc) is 2.59. The normalized spacial score (nSPS) is 13.7. The van der Waals surface area contributed by atoms with E-state index in [1.807, 2.05) is 37.3 Å². The van der Waals surface area contributed by atoms with Crippen LogP contribution in [0.15, 0.2) is 30.3 Å². The van der Waals surface area contributed by atoms with E-state index >= 15 is 0 Å². The molecule has 0 radical (unpaired) electrons. The highest BCUT2D eigenvalue weighted by Crippen LogP contribution is 2.22. The zero-order chi connectivity index (χ0) is 19.6. The molecule has 0 heterocycles. The molecule has 1 amide bonds. The van der Waals surface area contributed by atoms with Crippen molar-refractivity contribution in [2.45, 2.75) is 51.5 Å². The zero-order valence-electron chi connectivity index (χ0n) is 15.2. The highest BCUT2D eigenvalue weighted by Gasteiger charge is 2.28. The predicted molar refractivity (Wildman–Crippen MR) is 98.3 cm³/mol. The van der Waals surface area contributed by atoms with Crippen molar-refractivity contribution in [2.75, 3.05) is 12.4 Å². The Morgan fingerprint density at radius 1 is 1.15 bits per heavy atom. The molecule has 0 bridgehead atoms. The summed E-state index contributed by atoms with van der Waals surface area (Å²) in [7, 11) is -4.25. The first kappa shape index (κ1) is 22.1. The van der Waals surface area contributed by atoms with Crippen LogP contribution in [0.2, 0.25) is 0 Å². The molecule has 0 aliphatic heterocycles. The molecule has 0 saturated heterocycles. The van der Waals surface area contributed by atoms with Gasteiger partial charge in [0.1, 0.15) is 6.04 Å². The summed E-state index contributed by atoms with van der Waals surface area (Å²) in [5, 5.41) is 2.59. The number of rotatable bonds is 11. The first-order valence-electron chi connectivity index (χ1n) is 8.75. The number of esters is 1. The third-order valence-electron chi connectivity index (χ3n) is 3.92. The van der Waals surface area contributed by atoms with E-state index in [1.54, 1.807) is 6.92 Å². The van der Waals surface area contributed by atoms with Gasteiger partial charge < -0.3 is 10.1 Å². The van der Waals surface area contributed by atoms with E-state index in [0.717, 1.165) is 18.4 Å². The van der Waals surface area contributed by atoms with Gasteiger partial charge in [0.15, 0.2) is 0 Å². The molecule has 2 N–H and O–H groups in total. The topological polar surface area (TPSA) is 110 Å². The maximum absolute atomic E-state index is 12.8. The van der Waals surface area contributed by atoms with E-state index in [9.17, 15) is 18.0 Å². The number of hydrogen-bond donors (Lipinski definition) is 2. The van der Waals surface area contributed by atoms with Crippen LogP contribution in [0.4, 0.5) is 0 Å². The fourth-order valence-corrected chi connectivity index (χ4v) is 3.11. The molecule has 7 nitrogen and oxygen atoms in total. The molecule has 26 heavy (non-hydrogen) atoms. The van der Waals surface area contributed by atoms with Crippen LogP contribution in [0.5, 0.6) is 0 Å². The summed E-state index contributed by atoms with van der Waals surface area (Å²) in [5.41, 5.74) is 0.829. The molecule has 0 saturated carbocycles. The van der Waals surface area contributed by atoms with Gasteiger partial charge >= 0.3 is 5.97 Å². The van der Waals surface area contributed by atoms with Gasteiger partial charge in [-0.3, -0.25) is 9.35 Å². The highest BCUT2D eigenvalue weighted by atomic mass is 32.2. The van der Waals surface area contributed by atoms with Gasteiger partial charge in [-0.1, -0.05) is 50.1 Å². The van der Waals surface area contributed by atoms with Crippen molar-refractivity contribution in [3.63, 3.8) is 0 Å². The second kappa shape index (κ2) is 10.9. The lowest BCUT2D eigenvalue weighted by Gasteiger charge is -2.22. The molecule has 0 aromatic heterocycles. The van der Waals surface area contributed by atoms with Gasteiger partial charge in [0.25, 0.3) is 10.1 Å². The second-order valence-corrected chi connectivity index (χ2v) is 7.57. The van der Waals surface area contributed by atoms with Gasteiger partial charge in [-0.25, -0.2) is 4.79 Å². The first-order chi connectivity index (χ1) is 12.3. The molecular weight excluding hydrogens is 358 g/mol. The third kappa shape index (κ3) is 7.97. The SMILES string of the molecule is CCCCC(C(=O)N[C@@H](CCS(=O)(=O)O)C(=O)OCC)c1ccccc1. The summed E-state index contributed by atoms with van der Waals surface area (Å²) in [6.45, 7) is 3.75. The molecule has 0 aliphatic rings. The molecule has 1 aromatic rings. The van der Waals surface area contributed by atoms with Gasteiger partial charge in [0, 0.05) is 0 Å². The maximum atomic E-state index is 12.8. The summed E-state index contributed by atoms with van der Waals surface area (Å²) in [6.07, 6.45) is 2.11. The lowest BCUT2D eigenvalue weighted by Crippen LogP contribution is -2.45. The Bertz CT molecular complexity index is 674. The first-order valence-corrected chi connectivity index (χ1v) is 10.4. The zero-order valence-corrected chi connectivity index (χ0v) is 16.0. The number of carbonyl (C=O) groups excluding carboxylic acids is 2. The van der Waals surface area contributed by atoms with E-state index in [4.69, 9.17) is 9.29 Å². The van der Waals surface area contributed by atoms with Crippen LogP contribution in [0, 0.1) is 0 Å². The molecule has 0 spiro atoms. The standard InChI is InChI=1S/C18H27NO6S/c1-3-5-11-15(14-9-7-6-8-10-14)17(20)19-16(18(21)25-4-2)12-13-26(22,23)24/h6-10,15-16H,3-5,11-13H2,1-2H3,(H,19,20)(H,22,23,24)/t15?,16-/m0/s1. The average molecular weight is 385 g/mol. The minimum Gasteiger partial charge on any atom is -0.464 e. The van der Waals surface area contributed by atoms with E-state index < -0.39 is 33.8 Å². The monoisotopic (exact) mass is 385 g/mol. The summed E-state index contributed by atoms with van der Waals surface area (Å²) in [4.78, 5) is 24.8. The Morgan fingerprint density at radius 3 is 2.35 bits per heavy atom. The van der Waals surface area contributed by atoms with Gasteiger partial charge in [-0.05, 0) is 25.3 Å². The number of unbranched alkanes of at least 4 members (excludes halogenated alkanes) is 1. The molecule has 1 unspecified atom stereocenters. The number of carbonyl (C=O) groups is 2. The van der Waals surface area contributed by atoms with E-state index in [2.05, 4.69) is 5.32 Å². The van der Waals surface area contributed by atoms with Crippen molar-refractivity contribution in [3.8, 4) is 0 Å². The maximum Gasteiger partial charge on any atom is 0.328 e. The molecular formula is C18H27NO6S. The fourth-order valence-electron chi connectivity index (χ4n) is 2.57. The van der Waals surface area contributed by atoms with Crippen LogP contribution in [0.3, 0.4) is 0 Å². The van der Waals surface area contributed by atoms with Crippen molar-refractivity contribution in [2.24, 2.45) is 0 Å². The summed E-state index contributed by atoms with van der Waals surface area (Å²) >= 11 is 0. The van der Waals surface area contributed by atoms with E-state index in [1.165, 1.54) is 0 Å². The Kier molecular flexibility index (Phi) is 9.29. The van der Waals surface area contributed by atoms with E-state index in [-0.39, 0.29) is 18.9 Å². The smallest absolute Gasteiger partial charge is 0.328 e. The molecule has 146 valence electrons. The Hall–Kier alpha value is -1.93. The minimum absolute atomic E-state index is 0.106. The largest absolute Gasteiger partial charge is 0.464 e. The Balaban J connectivity index is 2.93. The third-order valence-corrected chi connectivity index (χ3v) is 4.67. The van der Waals surface area contributed by atoms with Gasteiger partial charge in [0.05, 0.1) is 18.3 Å². The van der Waals surface area contributed by atoms with Crippen molar-refractivity contribution in [1.29, 1.82) is 0 Å². The van der Waals surface area contributed by atoms with Gasteiger partial charge in [0.2, 0.25) is 5.91 Å². The highest BCUT2D eigenvalue weighted by molar-refractivity contribution is 7.85. The number of amides is 1. The predicted octanol–water partition coefficient (Wildman–Crippen LogP) is 2.29. The Morgan fingerprint density at radius 2 is 1.81 bits per heavy atom. The van der Waals surface area contributed by atoms with Crippen LogP contribution in [-0.2, 0) is 24.4 Å². The van der Waals surface area contributed by atoms with Gasteiger partial charge in [-0.15, -0.1) is 0 Å². The number of hydrogen-bond acceptors (Lipinski definition) is 5. The van der Waals surface area contributed by atoms with Crippen molar-refractivity contribution in [1.82, 2.24) is 5.32 Å². The second-order valence-electron chi connectivity index (χ2n) is 5.99. The van der Waals surface area contributed by atoms with Crippen molar-refractivity contribution >= 4 is 22.0 Å². The fraction of sp³-hybridized carbons (Fsp3) is 0.556. The molecule has 0 aliphatic carbocycles. The number of nitrogens with one attached hydrogen (secondary N) is 1. The lowest BCUT2D eigenvalue weighted by atomic mass is 9.92.